The molecular weight excluding hydrogens is 445 g/mol. The Hall–Kier alpha value is -3.93. The molecule has 8 nitrogen and oxygen atoms in total. The molecule has 2 fully saturated rings. The van der Waals surface area contributed by atoms with Gasteiger partial charge in [-0.15, -0.1) is 0 Å². The van der Waals surface area contributed by atoms with Gasteiger partial charge in [-0.25, -0.2) is 24.3 Å². The van der Waals surface area contributed by atoms with Gasteiger partial charge in [-0.3, -0.25) is 4.79 Å². The first-order valence-corrected chi connectivity index (χ1v) is 12.0. The molecule has 2 aliphatic rings. The van der Waals surface area contributed by atoms with Crippen molar-refractivity contribution in [2.45, 2.75) is 51.1 Å². The van der Waals surface area contributed by atoms with Crippen molar-refractivity contribution in [3.8, 4) is 17.5 Å². The van der Waals surface area contributed by atoms with Crippen molar-refractivity contribution in [1.29, 1.82) is 5.26 Å². The smallest absolute Gasteiger partial charge is 0.257 e. The number of halogens is 1. The van der Waals surface area contributed by atoms with Crippen LogP contribution in [0.4, 0.5) is 10.3 Å². The van der Waals surface area contributed by atoms with Crippen molar-refractivity contribution < 1.29 is 9.18 Å². The number of rotatable bonds is 6. The molecule has 0 atom stereocenters. The van der Waals surface area contributed by atoms with Gasteiger partial charge in [0.1, 0.15) is 11.9 Å². The summed E-state index contributed by atoms with van der Waals surface area (Å²) in [4.78, 5) is 35.3. The number of amides is 1. The van der Waals surface area contributed by atoms with Crippen LogP contribution in [-0.2, 0) is 6.42 Å². The minimum atomic E-state index is -0.619. The third kappa shape index (κ3) is 4.83. The van der Waals surface area contributed by atoms with Crippen molar-refractivity contribution in [2.24, 2.45) is 0 Å². The molecule has 1 amide bonds. The Labute approximate surface area is 203 Å². The highest BCUT2D eigenvalue weighted by Crippen LogP contribution is 2.33. The van der Waals surface area contributed by atoms with Crippen molar-refractivity contribution in [3.63, 3.8) is 0 Å². The Balaban J connectivity index is 1.27. The molecule has 1 aromatic carbocycles. The zero-order valence-electron chi connectivity index (χ0n) is 19.6. The number of aryl methyl sites for hydroxylation is 1. The molecule has 0 bridgehead atoms. The molecular formula is C26H26FN7O. The standard InChI is InChI=1S/C26H26FN7O/c1-2-17-13-31-26(32-14-17)33-9-7-22(8-10-33)34(21-5-6-21)25(35)20-15-29-24(30-16-20)18-3-4-19(12-28)23(27)11-18/h3-4,11,13-16,21-22H,2,5-10H2,1H3. The molecule has 0 N–H and O–H groups in total. The van der Waals surface area contributed by atoms with Crippen LogP contribution in [0.3, 0.4) is 0 Å². The van der Waals surface area contributed by atoms with Gasteiger partial charge in [-0.2, -0.15) is 5.26 Å². The number of anilines is 1. The number of carbonyl (C=O) groups is 1. The van der Waals surface area contributed by atoms with Gasteiger partial charge in [0.15, 0.2) is 5.82 Å². The van der Waals surface area contributed by atoms with Crippen LogP contribution in [0, 0.1) is 17.1 Å². The summed E-state index contributed by atoms with van der Waals surface area (Å²) in [7, 11) is 0. The van der Waals surface area contributed by atoms with Crippen LogP contribution in [0.25, 0.3) is 11.4 Å². The van der Waals surface area contributed by atoms with Crippen molar-refractivity contribution in [2.75, 3.05) is 18.0 Å². The number of hydrogen-bond acceptors (Lipinski definition) is 7. The number of nitrogens with zero attached hydrogens (tertiary/aromatic N) is 7. The van der Waals surface area contributed by atoms with E-state index in [0.717, 1.165) is 56.7 Å². The lowest BCUT2D eigenvalue weighted by Crippen LogP contribution is -2.48. The molecule has 1 saturated heterocycles. The highest BCUT2D eigenvalue weighted by atomic mass is 19.1. The van der Waals surface area contributed by atoms with Crippen LogP contribution in [0.15, 0.2) is 43.0 Å². The topological polar surface area (TPSA) is 98.9 Å². The summed E-state index contributed by atoms with van der Waals surface area (Å²) < 4.78 is 14.0. The van der Waals surface area contributed by atoms with E-state index in [-0.39, 0.29) is 23.6 Å². The Morgan fingerprint density at radius 2 is 1.71 bits per heavy atom. The molecule has 0 radical (unpaired) electrons. The molecule has 35 heavy (non-hydrogen) atoms. The Kier molecular flexibility index (Phi) is 6.36. The quantitative estimate of drug-likeness (QED) is 0.539. The maximum atomic E-state index is 14.0. The number of benzene rings is 1. The lowest BCUT2D eigenvalue weighted by atomic mass is 10.0. The highest BCUT2D eigenvalue weighted by Gasteiger charge is 2.39. The van der Waals surface area contributed by atoms with E-state index in [9.17, 15) is 9.18 Å². The van der Waals surface area contributed by atoms with Crippen LogP contribution in [-0.4, -0.2) is 55.9 Å². The fourth-order valence-electron chi connectivity index (χ4n) is 4.50. The monoisotopic (exact) mass is 471 g/mol. The van der Waals surface area contributed by atoms with Crippen LogP contribution in [0.2, 0.25) is 0 Å². The fourth-order valence-corrected chi connectivity index (χ4v) is 4.50. The number of aromatic nitrogens is 4. The second-order valence-corrected chi connectivity index (χ2v) is 9.01. The Bertz CT molecular complexity index is 1240. The largest absolute Gasteiger partial charge is 0.341 e. The predicted octanol–water partition coefficient (Wildman–Crippen LogP) is 3.78. The fraction of sp³-hybridized carbons (Fsp3) is 0.385. The molecule has 0 unspecified atom stereocenters. The van der Waals surface area contributed by atoms with Gasteiger partial charge in [0.25, 0.3) is 5.91 Å². The van der Waals surface area contributed by atoms with E-state index in [2.05, 4.69) is 31.8 Å². The van der Waals surface area contributed by atoms with Gasteiger partial charge < -0.3 is 9.80 Å². The Morgan fingerprint density at radius 1 is 1.06 bits per heavy atom. The minimum absolute atomic E-state index is 0.0313. The predicted molar refractivity (Wildman–Crippen MR) is 128 cm³/mol. The summed E-state index contributed by atoms with van der Waals surface area (Å²) in [5.41, 5.74) is 1.97. The van der Waals surface area contributed by atoms with E-state index in [1.807, 2.05) is 17.3 Å². The van der Waals surface area contributed by atoms with Gasteiger partial charge in [0.05, 0.1) is 11.1 Å². The Morgan fingerprint density at radius 3 is 2.29 bits per heavy atom. The van der Waals surface area contributed by atoms with Gasteiger partial charge in [0, 0.05) is 55.5 Å². The highest BCUT2D eigenvalue weighted by molar-refractivity contribution is 5.94. The first-order valence-electron chi connectivity index (χ1n) is 12.0. The van der Waals surface area contributed by atoms with E-state index < -0.39 is 5.82 Å². The van der Waals surface area contributed by atoms with E-state index in [1.54, 1.807) is 12.1 Å². The number of piperidine rings is 1. The van der Waals surface area contributed by atoms with Crippen LogP contribution in [0.1, 0.15) is 54.1 Å². The summed E-state index contributed by atoms with van der Waals surface area (Å²) >= 11 is 0. The van der Waals surface area contributed by atoms with Gasteiger partial charge in [-0.1, -0.05) is 6.92 Å². The molecule has 1 aliphatic heterocycles. The first-order chi connectivity index (χ1) is 17.1. The molecule has 5 rings (SSSR count). The minimum Gasteiger partial charge on any atom is -0.341 e. The molecule has 9 heteroatoms. The first kappa shape index (κ1) is 22.8. The third-order valence-corrected chi connectivity index (χ3v) is 6.66. The number of carbonyl (C=O) groups excluding carboxylic acids is 1. The van der Waals surface area contributed by atoms with E-state index in [4.69, 9.17) is 5.26 Å². The molecule has 1 aliphatic carbocycles. The van der Waals surface area contributed by atoms with Crippen molar-refractivity contribution in [1.82, 2.24) is 24.8 Å². The average molecular weight is 472 g/mol. The SMILES string of the molecule is CCc1cnc(N2CCC(N(C(=O)c3cnc(-c4ccc(C#N)c(F)c4)nc3)C3CC3)CC2)nc1. The normalized spacial score (nSPS) is 16.1. The summed E-state index contributed by atoms with van der Waals surface area (Å²) in [5.74, 6) is 0.372. The molecule has 3 heterocycles. The third-order valence-electron chi connectivity index (χ3n) is 6.66. The summed E-state index contributed by atoms with van der Waals surface area (Å²) in [5, 5.41) is 8.91. The van der Waals surface area contributed by atoms with Gasteiger partial charge >= 0.3 is 0 Å². The van der Waals surface area contributed by atoms with Crippen LogP contribution in [0.5, 0.6) is 0 Å². The van der Waals surface area contributed by atoms with Gasteiger partial charge in [-0.05, 0) is 55.9 Å². The summed E-state index contributed by atoms with van der Waals surface area (Å²) in [6.45, 7) is 3.68. The summed E-state index contributed by atoms with van der Waals surface area (Å²) in [6.07, 6.45) is 11.4. The molecule has 178 valence electrons. The van der Waals surface area contributed by atoms with Gasteiger partial charge in [0.2, 0.25) is 5.95 Å². The lowest BCUT2D eigenvalue weighted by Gasteiger charge is -2.38. The number of hydrogen-bond donors (Lipinski definition) is 0. The molecule has 1 saturated carbocycles. The zero-order chi connectivity index (χ0) is 24.4. The average Bonchev–Trinajstić information content (AvgIpc) is 3.74. The molecule has 0 spiro atoms. The molecule has 2 aromatic heterocycles. The summed E-state index contributed by atoms with van der Waals surface area (Å²) in [6, 6.07) is 6.44. The second kappa shape index (κ2) is 9.74. The second-order valence-electron chi connectivity index (χ2n) is 9.01. The van der Waals surface area contributed by atoms with E-state index >= 15 is 0 Å². The number of nitriles is 1. The van der Waals surface area contributed by atoms with Crippen LogP contribution < -0.4 is 4.90 Å². The molecule has 3 aromatic rings. The van der Waals surface area contributed by atoms with E-state index in [1.165, 1.54) is 24.5 Å². The maximum Gasteiger partial charge on any atom is 0.257 e. The lowest BCUT2D eigenvalue weighted by molar-refractivity contribution is 0.0629. The van der Waals surface area contributed by atoms with Crippen molar-refractivity contribution in [3.05, 3.63) is 65.5 Å². The maximum absolute atomic E-state index is 14.0. The van der Waals surface area contributed by atoms with E-state index in [0.29, 0.717) is 17.0 Å². The zero-order valence-corrected chi connectivity index (χ0v) is 19.6. The van der Waals surface area contributed by atoms with Crippen LogP contribution >= 0.6 is 0 Å². The van der Waals surface area contributed by atoms with Crippen molar-refractivity contribution >= 4 is 11.9 Å².